The van der Waals surface area contributed by atoms with Gasteiger partial charge in [-0.1, -0.05) is 45.0 Å². The van der Waals surface area contributed by atoms with Crippen molar-refractivity contribution in [3.8, 4) is 0 Å². The van der Waals surface area contributed by atoms with E-state index < -0.39 is 14.4 Å². The lowest BCUT2D eigenvalue weighted by molar-refractivity contribution is -0.152. The van der Waals surface area contributed by atoms with Crippen LogP contribution in [0.3, 0.4) is 0 Å². The molecule has 0 spiro atoms. The number of aryl methyl sites for hydroxylation is 1. The molecular formula is C17H28O3Si. The molecule has 0 bridgehead atoms. The summed E-state index contributed by atoms with van der Waals surface area (Å²) in [5.41, 5.74) is 2.00. The summed E-state index contributed by atoms with van der Waals surface area (Å²) < 4.78 is 11.7. The molecule has 0 aliphatic carbocycles. The molecule has 1 rings (SSSR count). The van der Waals surface area contributed by atoms with Crippen molar-refractivity contribution < 1.29 is 14.0 Å². The normalized spacial score (nSPS) is 13.0. The first-order valence-corrected chi connectivity index (χ1v) is 10.5. The van der Waals surface area contributed by atoms with E-state index in [0.29, 0.717) is 6.61 Å². The molecule has 1 atom stereocenters. The van der Waals surface area contributed by atoms with Gasteiger partial charge in [-0.05, 0) is 43.1 Å². The number of hydrogen-bond acceptors (Lipinski definition) is 3. The molecule has 0 saturated carbocycles. The number of hydrogen-bond donors (Lipinski definition) is 0. The summed E-state index contributed by atoms with van der Waals surface area (Å²) in [7, 11) is -1.88. The monoisotopic (exact) mass is 308 g/mol. The second-order valence-corrected chi connectivity index (χ2v) is 10.1. The molecule has 3 nitrogen and oxygen atoms in total. The lowest BCUT2D eigenvalue weighted by Crippen LogP contribution is -2.39. The van der Waals surface area contributed by atoms with E-state index in [1.54, 1.807) is 0 Å². The Morgan fingerprint density at radius 1 is 1.10 bits per heavy atom. The van der Waals surface area contributed by atoms with Gasteiger partial charge in [0.05, 0.1) is 6.61 Å². The van der Waals surface area contributed by atoms with Crippen molar-refractivity contribution in [3.63, 3.8) is 0 Å². The van der Waals surface area contributed by atoms with Crippen molar-refractivity contribution in [1.82, 2.24) is 0 Å². The quantitative estimate of drug-likeness (QED) is 0.519. The van der Waals surface area contributed by atoms with Gasteiger partial charge in [-0.15, -0.1) is 0 Å². The third-order valence-electron chi connectivity index (χ3n) is 4.27. The summed E-state index contributed by atoms with van der Waals surface area (Å²) >= 11 is 0. The fraction of sp³-hybridized carbons (Fsp3) is 0.588. The van der Waals surface area contributed by atoms with Gasteiger partial charge in [0, 0.05) is 0 Å². The second kappa shape index (κ2) is 8.34. The van der Waals surface area contributed by atoms with Gasteiger partial charge in [0.1, 0.15) is 0 Å². The highest BCUT2D eigenvalue weighted by Crippen LogP contribution is 2.32. The van der Waals surface area contributed by atoms with Gasteiger partial charge in [-0.25, -0.2) is 4.79 Å². The summed E-state index contributed by atoms with van der Waals surface area (Å²) in [4.78, 5) is 12.4. The minimum atomic E-state index is -1.88. The molecule has 4 heteroatoms. The van der Waals surface area contributed by atoms with E-state index in [2.05, 4.69) is 20.8 Å². The third-order valence-corrected chi connectivity index (χ3v) is 8.87. The van der Waals surface area contributed by atoms with E-state index in [0.717, 1.165) is 29.3 Å². The van der Waals surface area contributed by atoms with Crippen LogP contribution in [0, 0.1) is 6.92 Å². The van der Waals surface area contributed by atoms with Crippen LogP contribution in [0.25, 0.3) is 0 Å². The minimum Gasteiger partial charge on any atom is -0.464 e. The molecule has 0 radical (unpaired) electrons. The largest absolute Gasteiger partial charge is 0.464 e. The zero-order chi connectivity index (χ0) is 15.9. The van der Waals surface area contributed by atoms with E-state index in [1.165, 1.54) is 0 Å². The van der Waals surface area contributed by atoms with Crippen LogP contribution in [0.2, 0.25) is 18.1 Å². The van der Waals surface area contributed by atoms with Crippen LogP contribution < -0.4 is 0 Å². The maximum atomic E-state index is 12.4. The topological polar surface area (TPSA) is 35.5 Å². The Kier molecular flexibility index (Phi) is 7.12. The maximum Gasteiger partial charge on any atom is 0.338 e. The van der Waals surface area contributed by atoms with Crippen LogP contribution in [0.15, 0.2) is 24.3 Å². The Hall–Kier alpha value is -1.13. The summed E-state index contributed by atoms with van der Waals surface area (Å²) in [5, 5.41) is 0. The first-order valence-electron chi connectivity index (χ1n) is 7.93. The van der Waals surface area contributed by atoms with Crippen molar-refractivity contribution in [3.05, 3.63) is 35.4 Å². The lowest BCUT2D eigenvalue weighted by atomic mass is 10.0. The van der Waals surface area contributed by atoms with Gasteiger partial charge in [-0.2, -0.15) is 0 Å². The molecule has 0 fully saturated rings. The van der Waals surface area contributed by atoms with Crippen LogP contribution >= 0.6 is 0 Å². The van der Waals surface area contributed by atoms with Crippen molar-refractivity contribution >= 4 is 14.3 Å². The first kappa shape index (κ1) is 17.9. The smallest absolute Gasteiger partial charge is 0.338 e. The predicted octanol–water partition coefficient (Wildman–Crippen LogP) is 4.62. The zero-order valence-corrected chi connectivity index (χ0v) is 14.9. The standard InChI is InChI=1S/C17H28O3Si/c1-6-19-17(18)16(15-13-11-10-12-14(15)5)20-21(7-2,8-3)9-4/h10-13,16H,6-9H2,1-5H3. The first-order chi connectivity index (χ1) is 10.0. The van der Waals surface area contributed by atoms with E-state index >= 15 is 0 Å². The highest BCUT2D eigenvalue weighted by atomic mass is 28.4. The Balaban J connectivity index is 3.15. The van der Waals surface area contributed by atoms with Gasteiger partial charge in [0.2, 0.25) is 0 Å². The molecule has 118 valence electrons. The molecule has 1 aromatic rings. The van der Waals surface area contributed by atoms with Crippen molar-refractivity contribution in [2.75, 3.05) is 6.61 Å². The SMILES string of the molecule is CCOC(=O)C(O[Si](CC)(CC)CC)c1ccccc1C. The van der Waals surface area contributed by atoms with Gasteiger partial charge in [-0.3, -0.25) is 0 Å². The average molecular weight is 308 g/mol. The highest BCUT2D eigenvalue weighted by Gasteiger charge is 2.36. The van der Waals surface area contributed by atoms with Gasteiger partial charge in [0.25, 0.3) is 0 Å². The van der Waals surface area contributed by atoms with Crippen LogP contribution in [0.4, 0.5) is 0 Å². The molecule has 1 unspecified atom stereocenters. The Bertz CT molecular complexity index is 447. The third kappa shape index (κ3) is 4.42. The number of ether oxygens (including phenoxy) is 1. The number of carbonyl (C=O) groups excluding carboxylic acids is 1. The van der Waals surface area contributed by atoms with Crippen molar-refractivity contribution in [1.29, 1.82) is 0 Å². The number of benzene rings is 1. The predicted molar refractivity (Wildman–Crippen MR) is 88.8 cm³/mol. The summed E-state index contributed by atoms with van der Waals surface area (Å²) in [6.07, 6.45) is -0.585. The Morgan fingerprint density at radius 2 is 1.67 bits per heavy atom. The fourth-order valence-corrected chi connectivity index (χ4v) is 5.31. The molecular weight excluding hydrogens is 280 g/mol. The average Bonchev–Trinajstić information content (AvgIpc) is 2.50. The van der Waals surface area contributed by atoms with Gasteiger partial charge >= 0.3 is 5.97 Å². The van der Waals surface area contributed by atoms with Crippen molar-refractivity contribution in [2.45, 2.75) is 58.9 Å². The molecule has 0 heterocycles. The van der Waals surface area contributed by atoms with E-state index in [1.807, 2.05) is 38.1 Å². The summed E-state index contributed by atoms with van der Waals surface area (Å²) in [6.45, 7) is 10.7. The molecule has 0 aliphatic heterocycles. The maximum absolute atomic E-state index is 12.4. The number of rotatable bonds is 8. The summed E-state index contributed by atoms with van der Waals surface area (Å²) in [5.74, 6) is -0.265. The van der Waals surface area contributed by atoms with Gasteiger partial charge in [0.15, 0.2) is 14.4 Å². The molecule has 0 saturated heterocycles. The van der Waals surface area contributed by atoms with Crippen molar-refractivity contribution in [2.24, 2.45) is 0 Å². The number of carbonyl (C=O) groups is 1. The number of esters is 1. The molecule has 21 heavy (non-hydrogen) atoms. The Morgan fingerprint density at radius 3 is 2.14 bits per heavy atom. The highest BCUT2D eigenvalue weighted by molar-refractivity contribution is 6.73. The van der Waals surface area contributed by atoms with Crippen LogP contribution in [0.5, 0.6) is 0 Å². The molecule has 0 aliphatic rings. The van der Waals surface area contributed by atoms with E-state index in [4.69, 9.17) is 9.16 Å². The minimum absolute atomic E-state index is 0.265. The van der Waals surface area contributed by atoms with E-state index in [-0.39, 0.29) is 5.97 Å². The molecule has 0 amide bonds. The van der Waals surface area contributed by atoms with Crippen LogP contribution in [0.1, 0.15) is 44.9 Å². The Labute approximate surface area is 129 Å². The summed E-state index contributed by atoms with van der Waals surface area (Å²) in [6, 6.07) is 11.0. The molecule has 0 aromatic heterocycles. The molecule has 0 N–H and O–H groups in total. The zero-order valence-electron chi connectivity index (χ0n) is 13.9. The van der Waals surface area contributed by atoms with Gasteiger partial charge < -0.3 is 9.16 Å². The molecule has 1 aromatic carbocycles. The second-order valence-electron chi connectivity index (χ2n) is 5.35. The van der Waals surface area contributed by atoms with E-state index in [9.17, 15) is 4.79 Å². The van der Waals surface area contributed by atoms with Crippen LogP contribution in [-0.2, 0) is 14.0 Å². The van der Waals surface area contributed by atoms with Crippen LogP contribution in [-0.4, -0.2) is 20.9 Å². The fourth-order valence-electron chi connectivity index (χ4n) is 2.59. The lowest BCUT2D eigenvalue weighted by Gasteiger charge is -2.32.